The maximum absolute atomic E-state index is 4.54. The van der Waals surface area contributed by atoms with Crippen LogP contribution in [-0.2, 0) is 13.6 Å². The lowest BCUT2D eigenvalue weighted by molar-refractivity contribution is 0.484. The number of guanidine groups is 1. The highest BCUT2D eigenvalue weighted by atomic mass is 127. The third-order valence-corrected chi connectivity index (χ3v) is 3.00. The Labute approximate surface area is 133 Å². The van der Waals surface area contributed by atoms with Gasteiger partial charge < -0.3 is 4.90 Å². The fraction of sp³-hybridized carbons (Fsp3) is 0.455. The molecule has 20 heavy (non-hydrogen) atoms. The third-order valence-electron chi connectivity index (χ3n) is 3.00. The van der Waals surface area contributed by atoms with Gasteiger partial charge in [-0.3, -0.25) is 14.6 Å². The quantitative estimate of drug-likeness (QED) is 0.774. The summed E-state index contributed by atoms with van der Waals surface area (Å²) < 4.78 is 1.79. The summed E-state index contributed by atoms with van der Waals surface area (Å²) >= 11 is 0. The molecule has 2 aromatic rings. The van der Waals surface area contributed by atoms with Gasteiger partial charge in [0, 0.05) is 32.9 Å². The molecule has 0 aromatic carbocycles. The summed E-state index contributed by atoms with van der Waals surface area (Å²) in [6, 6.07) is 1.99. The van der Waals surface area contributed by atoms with E-state index in [1.165, 1.54) is 0 Å². The number of aromatic nitrogens is 5. The Bertz CT molecular complexity index is 575. The van der Waals surface area contributed by atoms with Gasteiger partial charge in [-0.2, -0.15) is 20.5 Å². The lowest BCUT2D eigenvalue weighted by Crippen LogP contribution is -2.39. The Morgan fingerprint density at radius 1 is 1.45 bits per heavy atom. The smallest absolute Gasteiger partial charge is 0.202 e. The van der Waals surface area contributed by atoms with Gasteiger partial charge in [-0.25, -0.2) is 0 Å². The molecule has 1 aliphatic rings. The van der Waals surface area contributed by atoms with Crippen LogP contribution in [0.25, 0.3) is 0 Å². The van der Waals surface area contributed by atoms with E-state index >= 15 is 0 Å². The molecule has 3 heterocycles. The highest BCUT2D eigenvalue weighted by Crippen LogP contribution is 2.16. The summed E-state index contributed by atoms with van der Waals surface area (Å²) in [6.45, 7) is 2.31. The van der Waals surface area contributed by atoms with Gasteiger partial charge in [-0.1, -0.05) is 0 Å². The van der Waals surface area contributed by atoms with Crippen molar-refractivity contribution in [2.45, 2.75) is 6.54 Å². The van der Waals surface area contributed by atoms with Crippen molar-refractivity contribution < 1.29 is 0 Å². The number of rotatable bonds is 3. The number of halogens is 1. The van der Waals surface area contributed by atoms with Gasteiger partial charge >= 0.3 is 0 Å². The van der Waals surface area contributed by atoms with Crippen molar-refractivity contribution in [2.75, 3.05) is 25.0 Å². The van der Waals surface area contributed by atoms with E-state index in [1.54, 1.807) is 10.9 Å². The predicted octanol–water partition coefficient (Wildman–Crippen LogP) is 0.464. The van der Waals surface area contributed by atoms with Crippen LogP contribution in [0.15, 0.2) is 23.5 Å². The zero-order chi connectivity index (χ0) is 13.2. The topological polar surface area (TPSA) is 78.2 Å². The van der Waals surface area contributed by atoms with E-state index in [-0.39, 0.29) is 24.0 Å². The fourth-order valence-corrected chi connectivity index (χ4v) is 2.14. The molecular weight excluding hydrogens is 371 g/mol. The Kier molecular flexibility index (Phi) is 4.57. The number of hydrogen-bond acceptors (Lipinski definition) is 6. The number of H-pyrrole nitrogens is 1. The molecule has 0 spiro atoms. The van der Waals surface area contributed by atoms with Crippen LogP contribution in [0.1, 0.15) is 5.69 Å². The van der Waals surface area contributed by atoms with Crippen LogP contribution in [0.3, 0.4) is 0 Å². The highest BCUT2D eigenvalue weighted by molar-refractivity contribution is 14.0. The maximum atomic E-state index is 4.54. The van der Waals surface area contributed by atoms with Gasteiger partial charge in [0.15, 0.2) is 5.82 Å². The summed E-state index contributed by atoms with van der Waals surface area (Å²) in [5.41, 5.74) is 0.887. The number of nitrogens with zero attached hydrogens (tertiary/aromatic N) is 7. The molecule has 0 saturated heterocycles. The van der Waals surface area contributed by atoms with E-state index in [9.17, 15) is 0 Å². The lowest BCUT2D eigenvalue weighted by Gasteiger charge is -2.25. The Hall–Kier alpha value is -1.65. The molecule has 9 heteroatoms. The minimum Gasteiger partial charge on any atom is -0.340 e. The van der Waals surface area contributed by atoms with E-state index in [1.807, 2.05) is 26.4 Å². The number of hydrogen-bond donors (Lipinski definition) is 1. The maximum Gasteiger partial charge on any atom is 0.202 e. The number of aliphatic imine (C=N–C) groups is 1. The second kappa shape index (κ2) is 6.20. The molecule has 3 rings (SSSR count). The number of nitrogens with one attached hydrogen (secondary N) is 1. The summed E-state index contributed by atoms with van der Waals surface area (Å²) in [7, 11) is 3.91. The average Bonchev–Trinajstić information content (AvgIpc) is 3.07. The van der Waals surface area contributed by atoms with Crippen LogP contribution < -0.4 is 4.90 Å². The molecule has 8 nitrogen and oxygen atoms in total. The highest BCUT2D eigenvalue weighted by Gasteiger charge is 2.24. The number of aryl methyl sites for hydroxylation is 1. The largest absolute Gasteiger partial charge is 0.340 e. The summed E-state index contributed by atoms with van der Waals surface area (Å²) in [5, 5.41) is 14.9. The Morgan fingerprint density at radius 3 is 2.95 bits per heavy atom. The van der Waals surface area contributed by atoms with Crippen molar-refractivity contribution in [2.24, 2.45) is 12.0 Å². The van der Waals surface area contributed by atoms with Crippen LogP contribution >= 0.6 is 24.0 Å². The fourth-order valence-electron chi connectivity index (χ4n) is 2.14. The van der Waals surface area contributed by atoms with E-state index in [0.29, 0.717) is 6.54 Å². The zero-order valence-electron chi connectivity index (χ0n) is 11.4. The molecule has 1 aliphatic heterocycles. The van der Waals surface area contributed by atoms with Crippen LogP contribution in [0.5, 0.6) is 0 Å². The van der Waals surface area contributed by atoms with Crippen LogP contribution in [0.4, 0.5) is 5.82 Å². The van der Waals surface area contributed by atoms with Crippen molar-refractivity contribution >= 4 is 35.8 Å². The molecule has 0 aliphatic carbocycles. The lowest BCUT2D eigenvalue weighted by atomic mass is 10.4. The molecule has 0 radical (unpaired) electrons. The van der Waals surface area contributed by atoms with Crippen molar-refractivity contribution in [3.8, 4) is 0 Å². The second-order valence-corrected chi connectivity index (χ2v) is 4.50. The van der Waals surface area contributed by atoms with Gasteiger partial charge in [0.05, 0.1) is 19.3 Å². The first-order chi connectivity index (χ1) is 9.24. The monoisotopic (exact) mass is 388 g/mol. The molecule has 1 N–H and O–H groups in total. The van der Waals surface area contributed by atoms with E-state index in [4.69, 9.17) is 0 Å². The van der Waals surface area contributed by atoms with E-state index in [0.717, 1.165) is 30.6 Å². The summed E-state index contributed by atoms with van der Waals surface area (Å²) in [5.74, 6) is 1.84. The van der Waals surface area contributed by atoms with E-state index in [2.05, 4.69) is 35.3 Å². The molecule has 0 saturated carbocycles. The molecule has 0 bridgehead atoms. The normalized spacial score (nSPS) is 14.1. The van der Waals surface area contributed by atoms with Crippen LogP contribution in [-0.4, -0.2) is 56.2 Å². The first-order valence-corrected chi connectivity index (χ1v) is 6.11. The van der Waals surface area contributed by atoms with Gasteiger partial charge in [-0.15, -0.1) is 24.0 Å². The average molecular weight is 388 g/mol. The minimum absolute atomic E-state index is 0. The van der Waals surface area contributed by atoms with Crippen molar-refractivity contribution in [1.29, 1.82) is 0 Å². The molecule has 0 fully saturated rings. The molecule has 0 atom stereocenters. The summed E-state index contributed by atoms with van der Waals surface area (Å²) in [6.07, 6.45) is 3.65. The Morgan fingerprint density at radius 2 is 2.30 bits per heavy atom. The first-order valence-electron chi connectivity index (χ1n) is 6.11. The van der Waals surface area contributed by atoms with Gasteiger partial charge in [0.2, 0.25) is 5.96 Å². The van der Waals surface area contributed by atoms with Gasteiger partial charge in [0.25, 0.3) is 0 Å². The predicted molar refractivity (Wildman–Crippen MR) is 86.1 cm³/mol. The standard InChI is InChI=1S/C11H16N8.HI/c1-17(8-9-7-13-16-14-9)11-12-4-6-19(11)10-3-5-18(2)15-10;/h3,5,7H,4,6,8H2,1-2H3,(H,13,14,16);1H. The number of aromatic amines is 1. The Balaban J connectivity index is 0.00000147. The van der Waals surface area contributed by atoms with Crippen molar-refractivity contribution in [3.05, 3.63) is 24.2 Å². The van der Waals surface area contributed by atoms with Crippen LogP contribution in [0.2, 0.25) is 0 Å². The molecule has 0 unspecified atom stereocenters. The van der Waals surface area contributed by atoms with Crippen LogP contribution in [0, 0.1) is 0 Å². The zero-order valence-corrected chi connectivity index (χ0v) is 13.7. The molecule has 0 amide bonds. The summed E-state index contributed by atoms with van der Waals surface area (Å²) in [4.78, 5) is 8.71. The second-order valence-electron chi connectivity index (χ2n) is 4.50. The first kappa shape index (κ1) is 14.8. The van der Waals surface area contributed by atoms with Gasteiger partial charge in [-0.05, 0) is 0 Å². The molecule has 2 aromatic heterocycles. The van der Waals surface area contributed by atoms with Gasteiger partial charge in [0.1, 0.15) is 5.69 Å². The molecule has 108 valence electrons. The third kappa shape index (κ3) is 2.92. The molecular formula is C11H17IN8. The minimum atomic E-state index is 0. The van der Waals surface area contributed by atoms with E-state index < -0.39 is 0 Å². The van der Waals surface area contributed by atoms with Crippen molar-refractivity contribution in [3.63, 3.8) is 0 Å². The SMILES string of the molecule is CN(Cc1cn[nH]n1)C1=NCCN1c1ccn(C)n1.I. The van der Waals surface area contributed by atoms with Crippen molar-refractivity contribution in [1.82, 2.24) is 30.1 Å². The number of anilines is 1.